The van der Waals surface area contributed by atoms with Crippen LogP contribution in [0.25, 0.3) is 0 Å². The second kappa shape index (κ2) is 6.88. The summed E-state index contributed by atoms with van der Waals surface area (Å²) in [6.07, 6.45) is 5.26. The van der Waals surface area contributed by atoms with E-state index in [0.717, 1.165) is 39.1 Å². The largest absolute Gasteiger partial charge is 0.337 e. The first-order valence-corrected chi connectivity index (χ1v) is 9.60. The van der Waals surface area contributed by atoms with Crippen LogP contribution in [0.5, 0.6) is 0 Å². The van der Waals surface area contributed by atoms with Gasteiger partial charge in [-0.15, -0.1) is 0 Å². The lowest BCUT2D eigenvalue weighted by Crippen LogP contribution is -2.45. The Morgan fingerprint density at radius 3 is 2.85 bits per heavy atom. The molecule has 2 fully saturated rings. The Morgan fingerprint density at radius 1 is 1.19 bits per heavy atom. The van der Waals surface area contributed by atoms with E-state index in [-0.39, 0.29) is 11.3 Å². The van der Waals surface area contributed by atoms with Gasteiger partial charge in [0.25, 0.3) is 5.91 Å². The Hall–Kier alpha value is -2.14. The lowest BCUT2D eigenvalue weighted by Gasteiger charge is -2.40. The number of piperidine rings is 1. The van der Waals surface area contributed by atoms with Crippen molar-refractivity contribution in [2.24, 2.45) is 12.5 Å². The van der Waals surface area contributed by atoms with Gasteiger partial charge < -0.3 is 4.90 Å². The molecule has 3 heterocycles. The van der Waals surface area contributed by atoms with Gasteiger partial charge in [-0.05, 0) is 44.4 Å². The zero-order chi connectivity index (χ0) is 18.1. The van der Waals surface area contributed by atoms with Crippen molar-refractivity contribution >= 4 is 5.91 Å². The van der Waals surface area contributed by atoms with E-state index >= 15 is 0 Å². The number of aromatic nitrogens is 2. The summed E-state index contributed by atoms with van der Waals surface area (Å²) in [6.45, 7) is 7.16. The van der Waals surface area contributed by atoms with Crippen LogP contribution in [0, 0.1) is 12.3 Å². The fourth-order valence-corrected chi connectivity index (χ4v) is 4.70. The molecule has 2 saturated heterocycles. The minimum Gasteiger partial charge on any atom is -0.337 e. The van der Waals surface area contributed by atoms with Crippen LogP contribution < -0.4 is 0 Å². The number of benzene rings is 1. The van der Waals surface area contributed by atoms with E-state index in [2.05, 4.69) is 41.2 Å². The van der Waals surface area contributed by atoms with Crippen LogP contribution in [0.3, 0.4) is 0 Å². The van der Waals surface area contributed by atoms with Crippen LogP contribution in [0.2, 0.25) is 0 Å². The molecule has 0 unspecified atom stereocenters. The van der Waals surface area contributed by atoms with Gasteiger partial charge in [0, 0.05) is 44.8 Å². The highest BCUT2D eigenvalue weighted by atomic mass is 16.2. The molecule has 4 rings (SSSR count). The van der Waals surface area contributed by atoms with Gasteiger partial charge in [0.1, 0.15) is 5.69 Å². The van der Waals surface area contributed by atoms with Crippen LogP contribution in [0.4, 0.5) is 0 Å². The van der Waals surface area contributed by atoms with Crippen LogP contribution in [0.15, 0.2) is 36.5 Å². The lowest BCUT2D eigenvalue weighted by molar-refractivity contribution is 0.0667. The van der Waals surface area contributed by atoms with Crippen molar-refractivity contribution in [3.63, 3.8) is 0 Å². The number of hydrogen-bond donors (Lipinski definition) is 0. The molecule has 0 radical (unpaired) electrons. The summed E-state index contributed by atoms with van der Waals surface area (Å²) in [5, 5.41) is 4.14. The van der Waals surface area contributed by atoms with Gasteiger partial charge in [-0.1, -0.05) is 29.8 Å². The van der Waals surface area contributed by atoms with Crippen LogP contribution >= 0.6 is 0 Å². The van der Waals surface area contributed by atoms with E-state index in [1.165, 1.54) is 24.0 Å². The van der Waals surface area contributed by atoms with E-state index < -0.39 is 0 Å². The molecule has 0 bridgehead atoms. The number of nitrogens with zero attached hydrogens (tertiary/aromatic N) is 4. The first-order chi connectivity index (χ1) is 12.5. The molecule has 1 aromatic carbocycles. The van der Waals surface area contributed by atoms with E-state index in [1.807, 2.05) is 18.0 Å². The van der Waals surface area contributed by atoms with E-state index in [9.17, 15) is 4.79 Å². The predicted octanol–water partition coefficient (Wildman–Crippen LogP) is 2.86. The summed E-state index contributed by atoms with van der Waals surface area (Å²) in [7, 11) is 1.84. The van der Waals surface area contributed by atoms with Crippen molar-refractivity contribution in [2.45, 2.75) is 32.7 Å². The Kier molecular flexibility index (Phi) is 4.57. The maximum atomic E-state index is 12.8. The number of hydrogen-bond acceptors (Lipinski definition) is 3. The van der Waals surface area contributed by atoms with Gasteiger partial charge >= 0.3 is 0 Å². The molecule has 138 valence electrons. The molecule has 26 heavy (non-hydrogen) atoms. The second-order valence-electron chi connectivity index (χ2n) is 8.12. The summed E-state index contributed by atoms with van der Waals surface area (Å²) in [4.78, 5) is 17.4. The summed E-state index contributed by atoms with van der Waals surface area (Å²) in [5.74, 6) is 0.123. The topological polar surface area (TPSA) is 41.4 Å². The van der Waals surface area contributed by atoms with Crippen molar-refractivity contribution in [3.8, 4) is 0 Å². The monoisotopic (exact) mass is 352 g/mol. The van der Waals surface area contributed by atoms with Gasteiger partial charge in [-0.2, -0.15) is 5.10 Å². The van der Waals surface area contributed by atoms with Crippen LogP contribution in [0.1, 0.15) is 40.9 Å². The average molecular weight is 352 g/mol. The first-order valence-electron chi connectivity index (χ1n) is 9.60. The average Bonchev–Trinajstić information content (AvgIpc) is 3.21. The number of carbonyl (C=O) groups is 1. The minimum absolute atomic E-state index is 0.123. The first kappa shape index (κ1) is 17.3. The zero-order valence-electron chi connectivity index (χ0n) is 15.8. The zero-order valence-corrected chi connectivity index (χ0v) is 15.8. The van der Waals surface area contributed by atoms with E-state index in [4.69, 9.17) is 0 Å². The fourth-order valence-electron chi connectivity index (χ4n) is 4.70. The van der Waals surface area contributed by atoms with Gasteiger partial charge in [0.2, 0.25) is 0 Å². The highest BCUT2D eigenvalue weighted by molar-refractivity contribution is 5.92. The molecule has 2 aromatic rings. The van der Waals surface area contributed by atoms with Crippen LogP contribution in [-0.2, 0) is 13.6 Å². The SMILES string of the molecule is Cc1cccc(CN2CCC[C@@]3(CCN(C(=O)c4ccnn4C)C3)C2)c1. The fraction of sp³-hybridized carbons (Fsp3) is 0.524. The normalized spacial score (nSPS) is 23.7. The molecule has 1 aromatic heterocycles. The molecular formula is C21H28N4O. The lowest BCUT2D eigenvalue weighted by atomic mass is 9.79. The van der Waals surface area contributed by atoms with Crippen LogP contribution in [-0.4, -0.2) is 51.7 Å². The molecule has 0 N–H and O–H groups in total. The Morgan fingerprint density at radius 2 is 2.08 bits per heavy atom. The van der Waals surface area contributed by atoms with Crippen molar-refractivity contribution in [1.29, 1.82) is 0 Å². The molecule has 1 amide bonds. The third-order valence-corrected chi connectivity index (χ3v) is 5.99. The maximum Gasteiger partial charge on any atom is 0.272 e. The molecule has 2 aliphatic rings. The Balaban J connectivity index is 1.42. The van der Waals surface area contributed by atoms with E-state index in [1.54, 1.807) is 10.9 Å². The molecule has 0 aliphatic carbocycles. The van der Waals surface area contributed by atoms with Gasteiger partial charge in [-0.25, -0.2) is 0 Å². The van der Waals surface area contributed by atoms with Crippen molar-refractivity contribution < 1.29 is 4.79 Å². The summed E-state index contributed by atoms with van der Waals surface area (Å²) < 4.78 is 1.68. The molecular weight excluding hydrogens is 324 g/mol. The molecule has 0 saturated carbocycles. The molecule has 5 heteroatoms. The quantitative estimate of drug-likeness (QED) is 0.853. The van der Waals surface area contributed by atoms with Gasteiger partial charge in [0.15, 0.2) is 0 Å². The van der Waals surface area contributed by atoms with Crippen molar-refractivity contribution in [2.75, 3.05) is 26.2 Å². The van der Waals surface area contributed by atoms with Gasteiger partial charge in [0.05, 0.1) is 0 Å². The smallest absolute Gasteiger partial charge is 0.272 e. The number of aryl methyl sites for hydroxylation is 2. The van der Waals surface area contributed by atoms with Gasteiger partial charge in [-0.3, -0.25) is 14.4 Å². The Bertz CT molecular complexity index is 799. The summed E-state index contributed by atoms with van der Waals surface area (Å²) in [5.41, 5.74) is 3.66. The highest BCUT2D eigenvalue weighted by Gasteiger charge is 2.43. The number of amides is 1. The van der Waals surface area contributed by atoms with E-state index in [0.29, 0.717) is 5.69 Å². The highest BCUT2D eigenvalue weighted by Crippen LogP contribution is 2.39. The predicted molar refractivity (Wildman–Crippen MR) is 102 cm³/mol. The Labute approximate surface area is 155 Å². The standard InChI is InChI=1S/C21H28N4O/c1-17-5-3-6-18(13-17)14-24-11-4-8-21(15-24)9-12-25(16-21)20(26)19-7-10-22-23(19)2/h3,5-7,10,13H,4,8-9,11-12,14-16H2,1-2H3/t21-/m1/s1. The number of rotatable bonds is 3. The molecule has 5 nitrogen and oxygen atoms in total. The molecule has 1 spiro atoms. The maximum absolute atomic E-state index is 12.8. The number of likely N-dealkylation sites (tertiary alicyclic amines) is 2. The minimum atomic E-state index is 0.123. The summed E-state index contributed by atoms with van der Waals surface area (Å²) >= 11 is 0. The molecule has 2 aliphatic heterocycles. The third-order valence-electron chi connectivity index (χ3n) is 5.99. The second-order valence-corrected chi connectivity index (χ2v) is 8.12. The molecule has 1 atom stereocenters. The van der Waals surface area contributed by atoms with Crippen molar-refractivity contribution in [1.82, 2.24) is 19.6 Å². The number of carbonyl (C=O) groups excluding carboxylic acids is 1. The van der Waals surface area contributed by atoms with Crippen molar-refractivity contribution in [3.05, 3.63) is 53.3 Å². The third kappa shape index (κ3) is 3.40. The summed E-state index contributed by atoms with van der Waals surface area (Å²) in [6, 6.07) is 10.6.